The van der Waals surface area contributed by atoms with Gasteiger partial charge in [-0.05, 0) is 54.8 Å². The molecule has 2 aromatic carbocycles. The summed E-state index contributed by atoms with van der Waals surface area (Å²) in [5.74, 6) is 0.480. The van der Waals surface area contributed by atoms with Crippen molar-refractivity contribution in [3.8, 4) is 11.5 Å². The van der Waals surface area contributed by atoms with E-state index in [2.05, 4.69) is 0 Å². The van der Waals surface area contributed by atoms with Gasteiger partial charge in [0, 0.05) is 13.6 Å². The van der Waals surface area contributed by atoms with Gasteiger partial charge in [0.25, 0.3) is 5.91 Å². The number of benzene rings is 2. The molecule has 1 amide bonds. The van der Waals surface area contributed by atoms with Crippen molar-refractivity contribution in [1.82, 2.24) is 4.90 Å². The van der Waals surface area contributed by atoms with Gasteiger partial charge in [-0.3, -0.25) is 4.79 Å². The van der Waals surface area contributed by atoms with Gasteiger partial charge in [0.15, 0.2) is 13.2 Å². The fourth-order valence-electron chi connectivity index (χ4n) is 2.33. The van der Waals surface area contributed by atoms with Gasteiger partial charge in [0.2, 0.25) is 0 Å². The molecule has 0 bridgehead atoms. The molecule has 0 spiro atoms. The highest BCUT2D eigenvalue weighted by Crippen LogP contribution is 2.16. The van der Waals surface area contributed by atoms with E-state index in [4.69, 9.17) is 14.2 Å². The molecule has 0 radical (unpaired) electrons. The van der Waals surface area contributed by atoms with Crippen molar-refractivity contribution in [2.24, 2.45) is 0 Å². The van der Waals surface area contributed by atoms with Gasteiger partial charge in [0.1, 0.15) is 11.5 Å². The summed E-state index contributed by atoms with van der Waals surface area (Å²) in [5, 5.41) is 0. The molecule has 2 aromatic rings. The fourth-order valence-corrected chi connectivity index (χ4v) is 2.33. The predicted molar refractivity (Wildman–Crippen MR) is 102 cm³/mol. The lowest BCUT2D eigenvalue weighted by atomic mass is 10.1. The van der Waals surface area contributed by atoms with E-state index in [1.165, 1.54) is 4.90 Å². The van der Waals surface area contributed by atoms with Gasteiger partial charge in [-0.15, -0.1) is 0 Å². The van der Waals surface area contributed by atoms with Crippen LogP contribution in [0.5, 0.6) is 11.5 Å². The molecule has 144 valence electrons. The zero-order chi connectivity index (χ0) is 19.8. The highest BCUT2D eigenvalue weighted by molar-refractivity contribution is 5.80. The van der Waals surface area contributed by atoms with Crippen molar-refractivity contribution in [2.75, 3.05) is 27.4 Å². The molecule has 0 atom stereocenters. The summed E-state index contributed by atoms with van der Waals surface area (Å²) in [5.41, 5.74) is 3.18. The number of amides is 1. The maximum absolute atomic E-state index is 12.1. The van der Waals surface area contributed by atoms with Crippen molar-refractivity contribution >= 4 is 11.9 Å². The minimum Gasteiger partial charge on any atom is -0.497 e. The Balaban J connectivity index is 1.74. The third kappa shape index (κ3) is 6.33. The van der Waals surface area contributed by atoms with E-state index in [-0.39, 0.29) is 19.1 Å². The lowest BCUT2D eigenvalue weighted by Crippen LogP contribution is -2.31. The normalized spacial score (nSPS) is 10.2. The average Bonchev–Trinajstić information content (AvgIpc) is 2.67. The highest BCUT2D eigenvalue weighted by atomic mass is 16.6. The minimum atomic E-state index is -0.584. The second-order valence-electron chi connectivity index (χ2n) is 6.29. The Labute approximate surface area is 159 Å². The topological polar surface area (TPSA) is 65.1 Å². The lowest BCUT2D eigenvalue weighted by molar-refractivity contribution is -0.153. The third-order valence-electron chi connectivity index (χ3n) is 4.20. The number of carbonyl (C=O) groups is 2. The van der Waals surface area contributed by atoms with E-state index < -0.39 is 5.97 Å². The van der Waals surface area contributed by atoms with Gasteiger partial charge in [-0.2, -0.15) is 0 Å². The van der Waals surface area contributed by atoms with Crippen molar-refractivity contribution in [1.29, 1.82) is 0 Å². The smallest absolute Gasteiger partial charge is 0.344 e. The Bertz CT molecular complexity index is 786. The summed E-state index contributed by atoms with van der Waals surface area (Å²) in [6.07, 6.45) is 0. The predicted octanol–water partition coefficient (Wildman–Crippen LogP) is 2.89. The van der Waals surface area contributed by atoms with Gasteiger partial charge in [0.05, 0.1) is 7.11 Å². The molecule has 0 aromatic heterocycles. The number of hydrogen-bond acceptors (Lipinski definition) is 5. The number of nitrogens with zero attached hydrogens (tertiary/aromatic N) is 1. The molecular formula is C21H25NO5. The Morgan fingerprint density at radius 3 is 2.22 bits per heavy atom. The molecule has 0 saturated carbocycles. The molecule has 6 heteroatoms. The molecule has 0 unspecified atom stereocenters. The molecule has 6 nitrogen and oxygen atoms in total. The number of methoxy groups -OCH3 is 1. The maximum atomic E-state index is 12.1. The number of rotatable bonds is 8. The molecule has 0 aliphatic heterocycles. The minimum absolute atomic E-state index is 0.238. The molecule has 0 saturated heterocycles. The molecule has 2 rings (SSSR count). The number of carbonyl (C=O) groups excluding carboxylic acids is 2. The first kappa shape index (κ1) is 20.3. The Morgan fingerprint density at radius 2 is 1.59 bits per heavy atom. The first-order valence-electron chi connectivity index (χ1n) is 8.61. The fraction of sp³-hybridized carbons (Fsp3) is 0.333. The summed E-state index contributed by atoms with van der Waals surface area (Å²) in [6.45, 7) is 3.83. The average molecular weight is 371 g/mol. The van der Waals surface area contributed by atoms with Gasteiger partial charge >= 0.3 is 5.97 Å². The van der Waals surface area contributed by atoms with Crippen LogP contribution in [0, 0.1) is 13.8 Å². The van der Waals surface area contributed by atoms with Crippen LogP contribution in [0.1, 0.15) is 16.7 Å². The van der Waals surface area contributed by atoms with Gasteiger partial charge in [-0.1, -0.05) is 18.2 Å². The zero-order valence-corrected chi connectivity index (χ0v) is 16.2. The molecule has 0 aliphatic rings. The van der Waals surface area contributed by atoms with Crippen LogP contribution < -0.4 is 9.47 Å². The summed E-state index contributed by atoms with van der Waals surface area (Å²) in [6, 6.07) is 13.0. The molecule has 0 heterocycles. The second-order valence-corrected chi connectivity index (χ2v) is 6.29. The van der Waals surface area contributed by atoms with E-state index in [1.807, 2.05) is 50.2 Å². The van der Waals surface area contributed by atoms with Crippen molar-refractivity contribution in [3.63, 3.8) is 0 Å². The van der Waals surface area contributed by atoms with Crippen molar-refractivity contribution < 1.29 is 23.8 Å². The van der Waals surface area contributed by atoms with E-state index in [9.17, 15) is 9.59 Å². The van der Waals surface area contributed by atoms with Crippen LogP contribution in [0.4, 0.5) is 0 Å². The third-order valence-corrected chi connectivity index (χ3v) is 4.20. The van der Waals surface area contributed by atoms with E-state index in [1.54, 1.807) is 20.2 Å². The SMILES string of the molecule is COc1ccc(CN(C)C(=O)COC(=O)COc2ccc(C)c(C)c2)cc1. The lowest BCUT2D eigenvalue weighted by Gasteiger charge is -2.17. The van der Waals surface area contributed by atoms with Gasteiger partial charge < -0.3 is 19.1 Å². The van der Waals surface area contributed by atoms with Crippen LogP contribution in [0.15, 0.2) is 42.5 Å². The maximum Gasteiger partial charge on any atom is 0.344 e. The summed E-state index contributed by atoms with van der Waals surface area (Å²) in [4.78, 5) is 25.4. The highest BCUT2D eigenvalue weighted by Gasteiger charge is 2.13. The Hall–Kier alpha value is -3.02. The van der Waals surface area contributed by atoms with E-state index in [0.29, 0.717) is 12.3 Å². The van der Waals surface area contributed by atoms with Crippen LogP contribution in [-0.2, 0) is 20.9 Å². The van der Waals surface area contributed by atoms with Crippen molar-refractivity contribution in [3.05, 3.63) is 59.2 Å². The summed E-state index contributed by atoms with van der Waals surface area (Å²) >= 11 is 0. The van der Waals surface area contributed by atoms with Crippen LogP contribution in [0.2, 0.25) is 0 Å². The molecular weight excluding hydrogens is 346 g/mol. The van der Waals surface area contributed by atoms with Crippen molar-refractivity contribution in [2.45, 2.75) is 20.4 Å². The molecule has 27 heavy (non-hydrogen) atoms. The number of aryl methyl sites for hydroxylation is 2. The standard InChI is InChI=1S/C21H25NO5/c1-15-5-8-19(11-16(15)2)26-14-21(24)27-13-20(23)22(3)12-17-6-9-18(25-4)10-7-17/h5-11H,12-14H2,1-4H3. The number of ether oxygens (including phenoxy) is 3. The summed E-state index contributed by atoms with van der Waals surface area (Å²) < 4.78 is 15.5. The molecule has 0 aliphatic carbocycles. The van der Waals surface area contributed by atoms with Crippen LogP contribution >= 0.6 is 0 Å². The first-order valence-corrected chi connectivity index (χ1v) is 8.61. The van der Waals surface area contributed by atoms with Gasteiger partial charge in [-0.25, -0.2) is 4.79 Å². The quantitative estimate of drug-likeness (QED) is 0.668. The molecule has 0 N–H and O–H groups in total. The number of hydrogen-bond donors (Lipinski definition) is 0. The number of likely N-dealkylation sites (N-methyl/N-ethyl adjacent to an activating group) is 1. The van der Waals surface area contributed by atoms with Crippen LogP contribution in [-0.4, -0.2) is 44.1 Å². The van der Waals surface area contributed by atoms with Crippen LogP contribution in [0.25, 0.3) is 0 Å². The monoisotopic (exact) mass is 371 g/mol. The molecule has 0 fully saturated rings. The van der Waals surface area contributed by atoms with E-state index in [0.717, 1.165) is 22.4 Å². The van der Waals surface area contributed by atoms with E-state index >= 15 is 0 Å². The second kappa shape index (κ2) is 9.62. The number of esters is 1. The Kier molecular flexibility index (Phi) is 7.23. The largest absolute Gasteiger partial charge is 0.497 e. The first-order chi connectivity index (χ1) is 12.9. The Morgan fingerprint density at radius 1 is 0.926 bits per heavy atom. The zero-order valence-electron chi connectivity index (χ0n) is 16.2. The van der Waals surface area contributed by atoms with Crippen LogP contribution in [0.3, 0.4) is 0 Å². The summed E-state index contributed by atoms with van der Waals surface area (Å²) in [7, 11) is 3.26.